The summed E-state index contributed by atoms with van der Waals surface area (Å²) < 4.78 is 5.41. The van der Waals surface area contributed by atoms with Gasteiger partial charge in [-0.2, -0.15) is 0 Å². The first-order valence-corrected chi connectivity index (χ1v) is 4.41. The number of fused-ring (bicyclic) bond motifs is 1. The number of allylic oxidation sites excluding steroid dienone is 1. The highest BCUT2D eigenvalue weighted by atomic mass is 16.3. The third-order valence-electron chi connectivity index (χ3n) is 2.09. The largest absolute Gasteiger partial charge is 0.508 e. The first-order valence-electron chi connectivity index (χ1n) is 4.41. The summed E-state index contributed by atoms with van der Waals surface area (Å²) >= 11 is 0. The second-order valence-electron chi connectivity index (χ2n) is 3.14. The Kier molecular flexibility index (Phi) is 2.00. The summed E-state index contributed by atoms with van der Waals surface area (Å²) in [6.45, 7) is 5.42. The Morgan fingerprint density at radius 2 is 2.36 bits per heavy atom. The van der Waals surface area contributed by atoms with E-state index >= 15 is 0 Å². The van der Waals surface area contributed by atoms with E-state index in [1.165, 1.54) is 0 Å². The molecule has 0 aliphatic carbocycles. The Hall–Kier alpha value is -1.77. The molecule has 0 spiro atoms. The zero-order chi connectivity index (χ0) is 10.1. The summed E-state index contributed by atoms with van der Waals surface area (Å²) in [5, 5.41) is 9.61. The van der Waals surface area contributed by atoms with Gasteiger partial charge in [0.05, 0.1) is 0 Å². The summed E-state index contributed by atoms with van der Waals surface area (Å²) in [5.74, 6) is 0.837. The summed E-state index contributed by atoms with van der Waals surface area (Å²) in [6, 6.07) is 3.37. The third-order valence-corrected chi connectivity index (χ3v) is 2.09. The van der Waals surface area contributed by atoms with Crippen LogP contribution in [0.2, 0.25) is 0 Å². The Labute approximate surface area is 81.7 Å². The van der Waals surface area contributed by atoms with Crippen molar-refractivity contribution >= 4 is 11.1 Å². The van der Waals surface area contributed by atoms with Crippen LogP contribution < -0.4 is 0 Å². The Bertz CT molecular complexity index is 485. The van der Waals surface area contributed by atoms with Gasteiger partial charge in [-0.25, -0.2) is 4.98 Å². The van der Waals surface area contributed by atoms with Crippen molar-refractivity contribution in [1.29, 1.82) is 0 Å². The number of aryl methyl sites for hydroxylation is 1. The fourth-order valence-electron chi connectivity index (χ4n) is 1.49. The van der Waals surface area contributed by atoms with E-state index in [0.717, 1.165) is 11.1 Å². The Balaban J connectivity index is 2.74. The molecule has 0 bridgehead atoms. The lowest BCUT2D eigenvalue weighted by Gasteiger charge is -2.00. The van der Waals surface area contributed by atoms with Gasteiger partial charge in [0.2, 0.25) is 0 Å². The first kappa shape index (κ1) is 8.81. The van der Waals surface area contributed by atoms with Crippen LogP contribution in [-0.2, 0) is 6.42 Å². The monoisotopic (exact) mass is 189 g/mol. The zero-order valence-corrected chi connectivity index (χ0v) is 7.95. The lowest BCUT2D eigenvalue weighted by atomic mass is 10.1. The minimum absolute atomic E-state index is 0.230. The van der Waals surface area contributed by atoms with Crippen molar-refractivity contribution in [2.75, 3.05) is 0 Å². The van der Waals surface area contributed by atoms with Crippen molar-refractivity contribution in [1.82, 2.24) is 4.98 Å². The smallest absolute Gasteiger partial charge is 0.192 e. The van der Waals surface area contributed by atoms with Gasteiger partial charge in [0, 0.05) is 12.5 Å². The highest BCUT2D eigenvalue weighted by molar-refractivity contribution is 5.79. The van der Waals surface area contributed by atoms with Crippen LogP contribution in [0, 0.1) is 6.92 Å². The van der Waals surface area contributed by atoms with Crippen LogP contribution in [-0.4, -0.2) is 10.1 Å². The van der Waals surface area contributed by atoms with E-state index in [1.54, 1.807) is 25.1 Å². The van der Waals surface area contributed by atoms with Crippen LogP contribution in [0.15, 0.2) is 29.2 Å². The van der Waals surface area contributed by atoms with Crippen molar-refractivity contribution in [3.63, 3.8) is 0 Å². The molecule has 0 aliphatic heterocycles. The normalized spacial score (nSPS) is 10.6. The molecule has 0 saturated carbocycles. The molecular formula is C11H11NO2. The molecule has 0 aliphatic rings. The molecule has 14 heavy (non-hydrogen) atoms. The second-order valence-corrected chi connectivity index (χ2v) is 3.14. The molecule has 0 radical (unpaired) electrons. The van der Waals surface area contributed by atoms with Crippen molar-refractivity contribution in [3.05, 3.63) is 36.2 Å². The highest BCUT2D eigenvalue weighted by Gasteiger charge is 2.10. The number of nitrogens with zero attached hydrogens (tertiary/aromatic N) is 1. The summed E-state index contributed by atoms with van der Waals surface area (Å²) in [4.78, 5) is 4.19. The van der Waals surface area contributed by atoms with Gasteiger partial charge in [0.25, 0.3) is 0 Å². The van der Waals surface area contributed by atoms with Gasteiger partial charge in [-0.15, -0.1) is 6.58 Å². The topological polar surface area (TPSA) is 46.3 Å². The maximum atomic E-state index is 9.61. The number of phenolic OH excluding ortho intramolecular Hbond substituents is 1. The Morgan fingerprint density at radius 1 is 1.57 bits per heavy atom. The van der Waals surface area contributed by atoms with E-state index in [4.69, 9.17) is 4.42 Å². The van der Waals surface area contributed by atoms with E-state index in [9.17, 15) is 5.11 Å². The van der Waals surface area contributed by atoms with E-state index < -0.39 is 0 Å². The van der Waals surface area contributed by atoms with Crippen LogP contribution in [0.4, 0.5) is 0 Å². The van der Waals surface area contributed by atoms with E-state index in [2.05, 4.69) is 11.6 Å². The summed E-state index contributed by atoms with van der Waals surface area (Å²) in [5.41, 5.74) is 2.18. The van der Waals surface area contributed by atoms with Gasteiger partial charge in [-0.05, 0) is 18.6 Å². The molecule has 1 aromatic heterocycles. The lowest BCUT2D eigenvalue weighted by molar-refractivity contribution is 0.467. The molecule has 3 heteroatoms. The molecule has 3 nitrogen and oxygen atoms in total. The van der Waals surface area contributed by atoms with Gasteiger partial charge in [0.15, 0.2) is 11.5 Å². The maximum absolute atomic E-state index is 9.61. The number of hydrogen-bond acceptors (Lipinski definition) is 3. The summed E-state index contributed by atoms with van der Waals surface area (Å²) in [7, 11) is 0. The summed E-state index contributed by atoms with van der Waals surface area (Å²) in [6.07, 6.45) is 2.31. The van der Waals surface area contributed by atoms with Gasteiger partial charge in [-0.3, -0.25) is 0 Å². The number of aromatic nitrogens is 1. The van der Waals surface area contributed by atoms with Crippen molar-refractivity contribution in [2.45, 2.75) is 13.3 Å². The molecule has 2 aromatic rings. The quantitative estimate of drug-likeness (QED) is 0.738. The molecule has 0 fully saturated rings. The molecule has 72 valence electrons. The molecule has 0 amide bonds. The van der Waals surface area contributed by atoms with Gasteiger partial charge in [0.1, 0.15) is 11.3 Å². The standard InChI is InChI=1S/C11H11NO2/c1-3-4-8-10(13)6-5-9-11(8)14-7(2)12-9/h3,5-6,13H,1,4H2,2H3. The van der Waals surface area contributed by atoms with E-state index in [1.807, 2.05) is 0 Å². The predicted octanol–water partition coefficient (Wildman–Crippen LogP) is 2.57. The molecule has 0 atom stereocenters. The second kappa shape index (κ2) is 3.18. The average Bonchev–Trinajstić information content (AvgIpc) is 2.51. The lowest BCUT2D eigenvalue weighted by Crippen LogP contribution is -1.83. The predicted molar refractivity (Wildman–Crippen MR) is 54.3 cm³/mol. The number of phenols is 1. The molecule has 1 N–H and O–H groups in total. The van der Waals surface area contributed by atoms with Gasteiger partial charge >= 0.3 is 0 Å². The minimum atomic E-state index is 0.230. The van der Waals surface area contributed by atoms with Crippen LogP contribution in [0.1, 0.15) is 11.5 Å². The fraction of sp³-hybridized carbons (Fsp3) is 0.182. The molecule has 1 heterocycles. The average molecular weight is 189 g/mol. The minimum Gasteiger partial charge on any atom is -0.508 e. The van der Waals surface area contributed by atoms with Crippen molar-refractivity contribution in [2.24, 2.45) is 0 Å². The number of hydrogen-bond donors (Lipinski definition) is 1. The van der Waals surface area contributed by atoms with Crippen LogP contribution in [0.3, 0.4) is 0 Å². The highest BCUT2D eigenvalue weighted by Crippen LogP contribution is 2.28. The zero-order valence-electron chi connectivity index (χ0n) is 7.95. The van der Waals surface area contributed by atoms with Gasteiger partial charge in [-0.1, -0.05) is 6.08 Å². The van der Waals surface area contributed by atoms with Crippen molar-refractivity contribution < 1.29 is 9.52 Å². The van der Waals surface area contributed by atoms with Crippen LogP contribution in [0.5, 0.6) is 5.75 Å². The van der Waals surface area contributed by atoms with Crippen molar-refractivity contribution in [3.8, 4) is 5.75 Å². The molecule has 0 saturated heterocycles. The SMILES string of the molecule is C=CCc1c(O)ccc2nc(C)oc12. The third kappa shape index (κ3) is 1.27. The van der Waals surface area contributed by atoms with E-state index in [0.29, 0.717) is 17.9 Å². The molecule has 1 aromatic carbocycles. The first-order chi connectivity index (χ1) is 6.72. The number of rotatable bonds is 2. The molecule has 0 unspecified atom stereocenters. The van der Waals surface area contributed by atoms with Crippen LogP contribution >= 0.6 is 0 Å². The van der Waals surface area contributed by atoms with E-state index in [-0.39, 0.29) is 5.75 Å². The number of oxazole rings is 1. The van der Waals surface area contributed by atoms with Gasteiger partial charge < -0.3 is 9.52 Å². The number of aromatic hydroxyl groups is 1. The number of benzene rings is 1. The molecular weight excluding hydrogens is 178 g/mol. The maximum Gasteiger partial charge on any atom is 0.192 e. The molecule has 2 rings (SSSR count). The fourth-order valence-corrected chi connectivity index (χ4v) is 1.49. The van der Waals surface area contributed by atoms with Crippen LogP contribution in [0.25, 0.3) is 11.1 Å². The Morgan fingerprint density at radius 3 is 3.07 bits per heavy atom.